The number of carbonyl (C=O) groups is 2. The Kier molecular flexibility index (Phi) is 10.1. The first-order valence-corrected chi connectivity index (χ1v) is 8.54. The summed E-state index contributed by atoms with van der Waals surface area (Å²) in [5, 5.41) is 14.0. The van der Waals surface area contributed by atoms with E-state index in [0.717, 1.165) is 12.8 Å². The Hall–Kier alpha value is -1.11. The zero-order chi connectivity index (χ0) is 15.5. The van der Waals surface area contributed by atoms with Crippen molar-refractivity contribution in [3.8, 4) is 0 Å². The molecule has 0 radical (unpaired) electrons. The molecule has 0 aliphatic rings. The van der Waals surface area contributed by atoms with Gasteiger partial charge in [-0.1, -0.05) is 13.3 Å². The second-order valence-electron chi connectivity index (χ2n) is 4.94. The van der Waals surface area contributed by atoms with E-state index in [1.54, 1.807) is 6.26 Å². The van der Waals surface area contributed by atoms with Gasteiger partial charge < -0.3 is 15.7 Å². The van der Waals surface area contributed by atoms with E-state index in [0.29, 0.717) is 25.4 Å². The molecule has 0 saturated carbocycles. The number of hydrogen-bond acceptors (Lipinski definition) is 3. The van der Waals surface area contributed by atoms with E-state index in [2.05, 4.69) is 10.6 Å². The molecular formula is C13H26N2O4S. The van der Waals surface area contributed by atoms with Crippen molar-refractivity contribution in [1.29, 1.82) is 0 Å². The monoisotopic (exact) mass is 306 g/mol. The van der Waals surface area contributed by atoms with Crippen LogP contribution in [0.2, 0.25) is 0 Å². The van der Waals surface area contributed by atoms with Crippen LogP contribution in [0.5, 0.6) is 0 Å². The third kappa shape index (κ3) is 9.77. The number of nitrogens with one attached hydrogen (secondary N) is 2. The van der Waals surface area contributed by atoms with Gasteiger partial charge in [0.15, 0.2) is 0 Å². The molecule has 0 aromatic carbocycles. The number of aliphatic carboxylic acids is 1. The van der Waals surface area contributed by atoms with Crippen LogP contribution in [0, 0.1) is 5.92 Å². The van der Waals surface area contributed by atoms with Crippen molar-refractivity contribution < 1.29 is 18.9 Å². The van der Waals surface area contributed by atoms with Crippen molar-refractivity contribution >= 4 is 22.8 Å². The quantitative estimate of drug-likeness (QED) is 0.567. The van der Waals surface area contributed by atoms with E-state index in [4.69, 9.17) is 5.11 Å². The third-order valence-electron chi connectivity index (χ3n) is 3.30. The molecule has 6 nitrogen and oxygen atoms in total. The van der Waals surface area contributed by atoms with Crippen molar-refractivity contribution in [2.75, 3.05) is 19.3 Å². The molecule has 2 amide bonds. The third-order valence-corrected chi connectivity index (χ3v) is 4.60. The largest absolute Gasteiger partial charge is 0.481 e. The summed E-state index contributed by atoms with van der Waals surface area (Å²) in [5.41, 5.74) is 0. The summed E-state index contributed by atoms with van der Waals surface area (Å²) in [7, 11) is -0.947. The first-order chi connectivity index (χ1) is 9.36. The molecule has 0 aliphatic heterocycles. The van der Waals surface area contributed by atoms with Crippen LogP contribution in [0.25, 0.3) is 0 Å². The second-order valence-corrected chi connectivity index (χ2v) is 6.74. The van der Waals surface area contributed by atoms with Crippen LogP contribution in [-0.4, -0.2) is 45.9 Å². The molecule has 0 aromatic rings. The highest BCUT2D eigenvalue weighted by Gasteiger charge is 2.11. The smallest absolute Gasteiger partial charge is 0.314 e. The molecule has 0 rings (SSSR count). The molecule has 3 unspecified atom stereocenters. The molecule has 20 heavy (non-hydrogen) atoms. The minimum atomic E-state index is -0.947. The summed E-state index contributed by atoms with van der Waals surface area (Å²) in [6, 6.07) is -0.268. The van der Waals surface area contributed by atoms with E-state index < -0.39 is 16.8 Å². The normalized spacial score (nSPS) is 15.2. The Balaban J connectivity index is 3.77. The number of hydrogen-bond donors (Lipinski definition) is 3. The predicted octanol–water partition coefficient (Wildman–Crippen LogP) is 1.33. The molecule has 118 valence electrons. The van der Waals surface area contributed by atoms with Gasteiger partial charge in [0.05, 0.1) is 0 Å². The summed E-state index contributed by atoms with van der Waals surface area (Å²) in [4.78, 5) is 22.0. The van der Waals surface area contributed by atoms with Crippen molar-refractivity contribution in [3.05, 3.63) is 0 Å². The van der Waals surface area contributed by atoms with Gasteiger partial charge in [0.2, 0.25) is 0 Å². The maximum absolute atomic E-state index is 11.5. The molecular weight excluding hydrogens is 280 g/mol. The van der Waals surface area contributed by atoms with Gasteiger partial charge in [-0.3, -0.25) is 9.00 Å². The summed E-state index contributed by atoms with van der Waals surface area (Å²) < 4.78 is 11.1. The van der Waals surface area contributed by atoms with Crippen molar-refractivity contribution in [2.24, 2.45) is 5.92 Å². The van der Waals surface area contributed by atoms with Crippen LogP contribution in [0.1, 0.15) is 39.5 Å². The molecule has 0 aromatic heterocycles. The maximum atomic E-state index is 11.5. The lowest BCUT2D eigenvalue weighted by molar-refractivity contribution is -0.137. The lowest BCUT2D eigenvalue weighted by atomic mass is 9.97. The number of urea groups is 1. The van der Waals surface area contributed by atoms with E-state index in [-0.39, 0.29) is 17.7 Å². The maximum Gasteiger partial charge on any atom is 0.314 e. The number of rotatable bonds is 10. The highest BCUT2D eigenvalue weighted by molar-refractivity contribution is 7.84. The first kappa shape index (κ1) is 18.9. The van der Waals surface area contributed by atoms with Crippen molar-refractivity contribution in [2.45, 2.75) is 44.8 Å². The molecule has 0 aliphatic carbocycles. The SMILES string of the molecule is CCC(CCNC(=O)NCC(C)S(C)=O)CCC(=O)O. The molecule has 0 saturated heterocycles. The Morgan fingerprint density at radius 1 is 1.25 bits per heavy atom. The van der Waals surface area contributed by atoms with E-state index in [1.807, 2.05) is 13.8 Å². The number of carboxylic acids is 1. The van der Waals surface area contributed by atoms with Crippen molar-refractivity contribution in [1.82, 2.24) is 10.6 Å². The fraction of sp³-hybridized carbons (Fsp3) is 0.846. The molecule has 0 fully saturated rings. The summed E-state index contributed by atoms with van der Waals surface area (Å²) in [5.74, 6) is -0.468. The standard InChI is InChI=1S/C13H26N2O4S/c1-4-11(5-6-12(16)17)7-8-14-13(18)15-9-10(2)20(3)19/h10-11H,4-9H2,1-3H3,(H,16,17)(H2,14,15,18). The van der Waals surface area contributed by atoms with Gasteiger partial charge in [0, 0.05) is 41.8 Å². The average Bonchev–Trinajstić information content (AvgIpc) is 2.39. The minimum Gasteiger partial charge on any atom is -0.481 e. The van der Waals surface area contributed by atoms with Gasteiger partial charge in [0.25, 0.3) is 0 Å². The molecule has 0 spiro atoms. The van der Waals surface area contributed by atoms with Crippen LogP contribution in [-0.2, 0) is 15.6 Å². The fourth-order valence-electron chi connectivity index (χ4n) is 1.69. The lowest BCUT2D eigenvalue weighted by Crippen LogP contribution is -2.40. The molecule has 3 N–H and O–H groups in total. The van der Waals surface area contributed by atoms with Gasteiger partial charge in [-0.2, -0.15) is 0 Å². The van der Waals surface area contributed by atoms with Crippen LogP contribution in [0.3, 0.4) is 0 Å². The van der Waals surface area contributed by atoms with Crippen molar-refractivity contribution in [3.63, 3.8) is 0 Å². The molecule has 7 heteroatoms. The summed E-state index contributed by atoms with van der Waals surface area (Å²) in [6.45, 7) is 4.74. The highest BCUT2D eigenvalue weighted by Crippen LogP contribution is 2.14. The number of carboxylic acid groups (broad SMARTS) is 1. The molecule has 3 atom stereocenters. The predicted molar refractivity (Wildman–Crippen MR) is 80.2 cm³/mol. The van der Waals surface area contributed by atoms with Gasteiger partial charge in [0.1, 0.15) is 0 Å². The first-order valence-electron chi connectivity index (χ1n) is 6.92. The van der Waals surface area contributed by atoms with Gasteiger partial charge >= 0.3 is 12.0 Å². The average molecular weight is 306 g/mol. The van der Waals surface area contributed by atoms with E-state index in [9.17, 15) is 13.8 Å². The Labute approximate surface area is 123 Å². The fourth-order valence-corrected chi connectivity index (χ4v) is 2.00. The van der Waals surface area contributed by atoms with Crippen LogP contribution < -0.4 is 10.6 Å². The van der Waals surface area contributed by atoms with Crippen LogP contribution in [0.15, 0.2) is 0 Å². The Bertz CT molecular complexity index is 336. The molecule has 0 bridgehead atoms. The van der Waals surface area contributed by atoms with E-state index in [1.165, 1.54) is 0 Å². The number of carbonyl (C=O) groups excluding carboxylic acids is 1. The zero-order valence-electron chi connectivity index (χ0n) is 12.5. The van der Waals surface area contributed by atoms with Crippen LogP contribution >= 0.6 is 0 Å². The lowest BCUT2D eigenvalue weighted by Gasteiger charge is -2.15. The minimum absolute atomic E-state index is 0.0697. The highest BCUT2D eigenvalue weighted by atomic mass is 32.2. The van der Waals surface area contributed by atoms with Crippen LogP contribution in [0.4, 0.5) is 4.79 Å². The zero-order valence-corrected chi connectivity index (χ0v) is 13.3. The van der Waals surface area contributed by atoms with E-state index >= 15 is 0 Å². The number of amides is 2. The topological polar surface area (TPSA) is 95.5 Å². The van der Waals surface area contributed by atoms with Gasteiger partial charge in [-0.15, -0.1) is 0 Å². The summed E-state index contributed by atoms with van der Waals surface area (Å²) in [6.07, 6.45) is 4.10. The second kappa shape index (κ2) is 10.7. The van der Waals surface area contributed by atoms with Gasteiger partial charge in [-0.25, -0.2) is 4.79 Å². The Morgan fingerprint density at radius 2 is 1.90 bits per heavy atom. The molecule has 0 heterocycles. The Morgan fingerprint density at radius 3 is 2.40 bits per heavy atom. The van der Waals surface area contributed by atoms with Gasteiger partial charge in [-0.05, 0) is 25.7 Å². The summed E-state index contributed by atoms with van der Waals surface area (Å²) >= 11 is 0.